The van der Waals surface area contributed by atoms with Crippen molar-refractivity contribution in [3.05, 3.63) is 51.5 Å². The molecule has 3 aromatic rings. The van der Waals surface area contributed by atoms with Crippen LogP contribution in [-0.2, 0) is 0 Å². The highest BCUT2D eigenvalue weighted by atomic mass is 35.5. The Kier molecular flexibility index (Phi) is 3.04. The van der Waals surface area contributed by atoms with Crippen LogP contribution in [0.3, 0.4) is 0 Å². The lowest BCUT2D eigenvalue weighted by molar-refractivity contribution is -0.384. The number of hydrogen-bond acceptors (Lipinski definition) is 5. The summed E-state index contributed by atoms with van der Waals surface area (Å²) in [6.07, 6.45) is 0. The van der Waals surface area contributed by atoms with E-state index in [4.69, 9.17) is 17.3 Å². The fraction of sp³-hybridized carbons (Fsp3) is 0. The first kappa shape index (κ1) is 12.8. The second-order valence-corrected chi connectivity index (χ2v) is 5.63. The predicted octanol–water partition coefficient (Wildman–Crippen LogP) is 4.11. The molecule has 0 saturated carbocycles. The van der Waals surface area contributed by atoms with E-state index >= 15 is 0 Å². The Morgan fingerprint density at radius 3 is 2.75 bits per heavy atom. The smallest absolute Gasteiger partial charge is 0.271 e. The minimum absolute atomic E-state index is 0.0320. The van der Waals surface area contributed by atoms with Gasteiger partial charge in [-0.25, -0.2) is 4.98 Å². The number of fused-ring (bicyclic) bond motifs is 1. The van der Waals surface area contributed by atoms with Crippen molar-refractivity contribution in [2.75, 3.05) is 5.73 Å². The molecule has 0 aliphatic heterocycles. The molecule has 0 radical (unpaired) electrons. The van der Waals surface area contributed by atoms with Gasteiger partial charge in [-0.3, -0.25) is 10.1 Å². The van der Waals surface area contributed by atoms with Crippen LogP contribution in [0.15, 0.2) is 36.4 Å². The summed E-state index contributed by atoms with van der Waals surface area (Å²) in [6, 6.07) is 9.84. The summed E-state index contributed by atoms with van der Waals surface area (Å²) < 4.78 is 0.988. The van der Waals surface area contributed by atoms with E-state index in [1.165, 1.54) is 23.5 Å². The molecule has 0 fully saturated rings. The van der Waals surface area contributed by atoms with E-state index in [0.29, 0.717) is 16.3 Å². The Hall–Kier alpha value is -2.18. The summed E-state index contributed by atoms with van der Waals surface area (Å²) in [4.78, 5) is 14.7. The lowest BCUT2D eigenvalue weighted by Gasteiger charge is -2.01. The van der Waals surface area contributed by atoms with E-state index in [1.807, 2.05) is 6.07 Å². The molecule has 0 aliphatic rings. The van der Waals surface area contributed by atoms with Crippen molar-refractivity contribution >= 4 is 44.5 Å². The zero-order chi connectivity index (χ0) is 14.3. The Morgan fingerprint density at radius 2 is 2.05 bits per heavy atom. The van der Waals surface area contributed by atoms with Crippen LogP contribution < -0.4 is 5.73 Å². The van der Waals surface area contributed by atoms with Crippen LogP contribution in [0.4, 0.5) is 11.4 Å². The van der Waals surface area contributed by atoms with Gasteiger partial charge < -0.3 is 5.73 Å². The van der Waals surface area contributed by atoms with Gasteiger partial charge in [0.1, 0.15) is 5.01 Å². The molecule has 0 saturated heterocycles. The zero-order valence-electron chi connectivity index (χ0n) is 10.0. The summed E-state index contributed by atoms with van der Waals surface area (Å²) in [5.41, 5.74) is 7.66. The van der Waals surface area contributed by atoms with Gasteiger partial charge >= 0.3 is 0 Å². The number of aromatic nitrogens is 1. The Morgan fingerprint density at radius 1 is 1.25 bits per heavy atom. The topological polar surface area (TPSA) is 82.0 Å². The maximum Gasteiger partial charge on any atom is 0.271 e. The van der Waals surface area contributed by atoms with Crippen molar-refractivity contribution in [1.82, 2.24) is 4.98 Å². The Labute approximate surface area is 122 Å². The highest BCUT2D eigenvalue weighted by Crippen LogP contribution is 2.35. The summed E-state index contributed by atoms with van der Waals surface area (Å²) in [5, 5.41) is 12.0. The van der Waals surface area contributed by atoms with Gasteiger partial charge in [0.2, 0.25) is 0 Å². The predicted molar refractivity (Wildman–Crippen MR) is 81.1 cm³/mol. The van der Waals surface area contributed by atoms with Crippen LogP contribution in [0.1, 0.15) is 0 Å². The van der Waals surface area contributed by atoms with Gasteiger partial charge in [0, 0.05) is 28.4 Å². The summed E-state index contributed by atoms with van der Waals surface area (Å²) in [5.74, 6) is 0. The molecule has 1 aromatic heterocycles. The fourth-order valence-corrected chi connectivity index (χ4v) is 3.03. The second-order valence-electron chi connectivity index (χ2n) is 4.16. The number of nitrogens with two attached hydrogens (primary N) is 1. The number of rotatable bonds is 2. The average Bonchev–Trinajstić information content (AvgIpc) is 2.80. The van der Waals surface area contributed by atoms with Crippen LogP contribution in [0, 0.1) is 10.1 Å². The third kappa shape index (κ3) is 2.19. The minimum Gasteiger partial charge on any atom is -0.398 e. The molecule has 7 heteroatoms. The van der Waals surface area contributed by atoms with Crippen molar-refractivity contribution in [3.63, 3.8) is 0 Å². The number of non-ortho nitro benzene ring substituents is 1. The van der Waals surface area contributed by atoms with Gasteiger partial charge in [-0.2, -0.15) is 0 Å². The van der Waals surface area contributed by atoms with Crippen LogP contribution >= 0.6 is 22.9 Å². The average molecular weight is 306 g/mol. The molecule has 0 amide bonds. The summed E-state index contributed by atoms with van der Waals surface area (Å²) >= 11 is 7.39. The Balaban J connectivity index is 2.13. The number of nitrogens with zero attached hydrogens (tertiary/aromatic N) is 2. The fourth-order valence-electron chi connectivity index (χ4n) is 1.87. The lowest BCUT2D eigenvalue weighted by Crippen LogP contribution is -1.93. The van der Waals surface area contributed by atoms with Crippen molar-refractivity contribution in [1.29, 1.82) is 0 Å². The van der Waals surface area contributed by atoms with Crippen molar-refractivity contribution in [2.24, 2.45) is 0 Å². The number of nitrogen functional groups attached to an aromatic ring is 1. The molecule has 3 rings (SSSR count). The van der Waals surface area contributed by atoms with Crippen LogP contribution in [0.2, 0.25) is 5.02 Å². The van der Waals surface area contributed by atoms with Crippen molar-refractivity contribution < 1.29 is 4.92 Å². The third-order valence-corrected chi connectivity index (χ3v) is 4.13. The van der Waals surface area contributed by atoms with Gasteiger partial charge in [-0.1, -0.05) is 11.6 Å². The van der Waals surface area contributed by atoms with Crippen LogP contribution in [0.25, 0.3) is 20.8 Å². The molecular formula is C13H8ClN3O2S. The minimum atomic E-state index is -0.474. The van der Waals surface area contributed by atoms with E-state index in [1.54, 1.807) is 18.2 Å². The normalized spacial score (nSPS) is 10.8. The molecule has 0 unspecified atom stereocenters. The number of halogens is 1. The quantitative estimate of drug-likeness (QED) is 0.439. The first-order valence-corrected chi connectivity index (χ1v) is 6.84. The molecule has 5 nitrogen and oxygen atoms in total. The highest BCUT2D eigenvalue weighted by Gasteiger charge is 2.13. The molecule has 2 aromatic carbocycles. The molecule has 0 atom stereocenters. The van der Waals surface area contributed by atoms with Gasteiger partial charge in [0.15, 0.2) is 0 Å². The number of nitro groups is 1. The standard InChI is InChI=1S/C13H8ClN3O2S/c14-7-1-4-12-11(5-7)16-13(20-12)9-3-2-8(17(18)19)6-10(9)15/h1-6H,15H2. The van der Waals surface area contributed by atoms with Crippen molar-refractivity contribution in [2.45, 2.75) is 0 Å². The SMILES string of the molecule is Nc1cc([N+](=O)[O-])ccc1-c1nc2cc(Cl)ccc2s1. The van der Waals surface area contributed by atoms with E-state index in [0.717, 1.165) is 15.2 Å². The highest BCUT2D eigenvalue weighted by molar-refractivity contribution is 7.21. The molecular weight excluding hydrogens is 298 g/mol. The maximum absolute atomic E-state index is 10.7. The van der Waals surface area contributed by atoms with E-state index in [-0.39, 0.29) is 5.69 Å². The lowest BCUT2D eigenvalue weighted by atomic mass is 10.1. The molecule has 20 heavy (non-hydrogen) atoms. The summed E-state index contributed by atoms with van der Waals surface area (Å²) in [6.45, 7) is 0. The maximum atomic E-state index is 10.7. The summed E-state index contributed by atoms with van der Waals surface area (Å²) in [7, 11) is 0. The number of nitro benzene ring substituents is 1. The zero-order valence-corrected chi connectivity index (χ0v) is 11.6. The number of thiazole rings is 1. The van der Waals surface area contributed by atoms with Gasteiger partial charge in [0.25, 0.3) is 5.69 Å². The number of benzene rings is 2. The first-order chi connectivity index (χ1) is 9.54. The molecule has 100 valence electrons. The first-order valence-electron chi connectivity index (χ1n) is 5.65. The van der Waals surface area contributed by atoms with Gasteiger partial charge in [0.05, 0.1) is 15.1 Å². The van der Waals surface area contributed by atoms with E-state index in [2.05, 4.69) is 4.98 Å². The van der Waals surface area contributed by atoms with Crippen molar-refractivity contribution in [3.8, 4) is 10.6 Å². The number of anilines is 1. The Bertz CT molecular complexity index is 832. The molecule has 2 N–H and O–H groups in total. The van der Waals surface area contributed by atoms with Gasteiger partial charge in [-0.05, 0) is 24.3 Å². The van der Waals surface area contributed by atoms with E-state index < -0.39 is 4.92 Å². The molecule has 0 spiro atoms. The molecule has 0 aliphatic carbocycles. The second kappa shape index (κ2) is 4.73. The van der Waals surface area contributed by atoms with Crippen LogP contribution in [0.5, 0.6) is 0 Å². The third-order valence-electron chi connectivity index (χ3n) is 2.83. The monoisotopic (exact) mass is 305 g/mol. The van der Waals surface area contributed by atoms with E-state index in [9.17, 15) is 10.1 Å². The van der Waals surface area contributed by atoms with Gasteiger partial charge in [-0.15, -0.1) is 11.3 Å². The molecule has 1 heterocycles. The largest absolute Gasteiger partial charge is 0.398 e. The van der Waals surface area contributed by atoms with Crippen LogP contribution in [-0.4, -0.2) is 9.91 Å². The molecule has 0 bridgehead atoms. The number of hydrogen-bond donors (Lipinski definition) is 1.